The number of nitrogens with zero attached hydrogens (tertiary/aromatic N) is 2. The van der Waals surface area contributed by atoms with Crippen molar-refractivity contribution in [3.8, 4) is 0 Å². The summed E-state index contributed by atoms with van der Waals surface area (Å²) in [4.78, 5) is 44.7. The molecule has 0 bridgehead atoms. The van der Waals surface area contributed by atoms with Gasteiger partial charge in [0.2, 0.25) is 11.8 Å². The number of amides is 2. The number of hydrogen-bond acceptors (Lipinski definition) is 6. The van der Waals surface area contributed by atoms with Gasteiger partial charge >= 0.3 is 5.97 Å². The minimum Gasteiger partial charge on any atom is -0.465 e. The lowest BCUT2D eigenvalue weighted by Crippen LogP contribution is -2.58. The van der Waals surface area contributed by atoms with E-state index in [0.29, 0.717) is 26.1 Å². The molecule has 8 nitrogen and oxygen atoms in total. The second-order valence-electron chi connectivity index (χ2n) is 10.0. The van der Waals surface area contributed by atoms with Gasteiger partial charge in [-0.25, -0.2) is 0 Å². The number of ether oxygens (including phenoxy) is 2. The number of carbonyl (C=O) groups is 3. The van der Waals surface area contributed by atoms with Crippen molar-refractivity contribution < 1.29 is 29.0 Å². The number of likely N-dealkylation sites (tertiary alicyclic amines) is 1. The van der Waals surface area contributed by atoms with Gasteiger partial charge in [-0.2, -0.15) is 0 Å². The van der Waals surface area contributed by atoms with Crippen LogP contribution >= 0.6 is 0 Å². The minimum atomic E-state index is -1.29. The highest BCUT2D eigenvalue weighted by Gasteiger charge is 2.75. The summed E-state index contributed by atoms with van der Waals surface area (Å²) in [5.41, 5.74) is -2.33. The van der Waals surface area contributed by atoms with Gasteiger partial charge in [0.05, 0.1) is 25.2 Å². The molecule has 2 fully saturated rings. The molecule has 0 aliphatic carbocycles. The average Bonchev–Trinajstić information content (AvgIpc) is 3.20. The largest absolute Gasteiger partial charge is 0.465 e. The molecule has 0 aromatic rings. The molecule has 4 aliphatic rings. The number of carbonyl (C=O) groups excluding carboxylic acids is 3. The van der Waals surface area contributed by atoms with Crippen LogP contribution in [0, 0.1) is 11.8 Å². The van der Waals surface area contributed by atoms with Gasteiger partial charge in [-0.1, -0.05) is 44.6 Å². The smallest absolute Gasteiger partial charge is 0.313 e. The Labute approximate surface area is 201 Å². The van der Waals surface area contributed by atoms with Crippen molar-refractivity contribution in [2.24, 2.45) is 11.8 Å². The Morgan fingerprint density at radius 1 is 1.12 bits per heavy atom. The van der Waals surface area contributed by atoms with Crippen LogP contribution in [0.15, 0.2) is 24.3 Å². The number of hydrogen-bond donors (Lipinski definition) is 1. The molecular formula is C26H38N2O6. The van der Waals surface area contributed by atoms with E-state index in [1.165, 1.54) is 4.90 Å². The molecule has 188 valence electrons. The maximum atomic E-state index is 14.0. The predicted molar refractivity (Wildman–Crippen MR) is 126 cm³/mol. The van der Waals surface area contributed by atoms with E-state index < -0.39 is 41.1 Å². The summed E-state index contributed by atoms with van der Waals surface area (Å²) in [7, 11) is 0. The number of fused-ring (bicyclic) bond motifs is 2. The molecule has 0 aromatic carbocycles. The Morgan fingerprint density at radius 2 is 1.91 bits per heavy atom. The van der Waals surface area contributed by atoms with E-state index in [9.17, 15) is 19.5 Å². The molecule has 34 heavy (non-hydrogen) atoms. The molecule has 0 saturated carbocycles. The Hall–Kier alpha value is -2.19. The molecule has 8 heteroatoms. The highest BCUT2D eigenvalue weighted by atomic mass is 16.6. The fourth-order valence-corrected chi connectivity index (χ4v) is 6.14. The van der Waals surface area contributed by atoms with E-state index in [4.69, 9.17) is 9.47 Å². The number of esters is 1. The Balaban J connectivity index is 1.87. The number of aliphatic hydroxyl groups is 1. The second kappa shape index (κ2) is 9.82. The van der Waals surface area contributed by atoms with E-state index in [2.05, 4.69) is 6.92 Å². The fourth-order valence-electron chi connectivity index (χ4n) is 6.14. The van der Waals surface area contributed by atoms with E-state index in [-0.39, 0.29) is 18.4 Å². The lowest BCUT2D eigenvalue weighted by atomic mass is 9.73. The molecule has 0 aromatic heterocycles. The quantitative estimate of drug-likeness (QED) is 0.468. The van der Waals surface area contributed by atoms with E-state index in [0.717, 1.165) is 32.1 Å². The summed E-state index contributed by atoms with van der Waals surface area (Å²) in [5.74, 6) is -2.73. The summed E-state index contributed by atoms with van der Waals surface area (Å²) < 4.78 is 12.5. The zero-order chi connectivity index (χ0) is 24.5. The first-order valence-corrected chi connectivity index (χ1v) is 12.8. The first kappa shape index (κ1) is 24.9. The molecule has 1 N–H and O–H groups in total. The summed E-state index contributed by atoms with van der Waals surface area (Å²) in [5, 5.41) is 9.98. The summed E-state index contributed by atoms with van der Waals surface area (Å²) in [6.45, 7) is 6.76. The van der Waals surface area contributed by atoms with E-state index >= 15 is 0 Å². The van der Waals surface area contributed by atoms with Crippen molar-refractivity contribution in [2.45, 2.75) is 82.6 Å². The monoisotopic (exact) mass is 474 g/mol. The third kappa shape index (κ3) is 3.79. The van der Waals surface area contributed by atoms with Crippen molar-refractivity contribution >= 4 is 17.8 Å². The Morgan fingerprint density at radius 3 is 2.62 bits per heavy atom. The molecule has 4 rings (SSSR count). The average molecular weight is 475 g/mol. The predicted octanol–water partition coefficient (Wildman–Crippen LogP) is 2.21. The van der Waals surface area contributed by atoms with Gasteiger partial charge in [0.15, 0.2) is 0 Å². The maximum Gasteiger partial charge on any atom is 0.313 e. The van der Waals surface area contributed by atoms with Gasteiger partial charge in [-0.05, 0) is 39.0 Å². The molecular weight excluding hydrogens is 436 g/mol. The number of cyclic esters (lactones) is 1. The number of aliphatic hydroxyl groups excluding tert-OH is 1. The van der Waals surface area contributed by atoms with E-state index in [1.54, 1.807) is 11.8 Å². The summed E-state index contributed by atoms with van der Waals surface area (Å²) in [6, 6.07) is -1.53. The highest BCUT2D eigenvalue weighted by Crippen LogP contribution is 2.58. The lowest BCUT2D eigenvalue weighted by molar-refractivity contribution is -0.163. The number of rotatable bonds is 6. The van der Waals surface area contributed by atoms with Crippen molar-refractivity contribution in [1.29, 1.82) is 0 Å². The number of allylic oxidation sites excluding steroid dienone is 1. The number of unbranched alkanes of at least 4 members (excludes halogenated alkanes) is 1. The summed E-state index contributed by atoms with van der Waals surface area (Å²) in [6.07, 6.45) is 12.5. The third-order valence-corrected chi connectivity index (χ3v) is 7.93. The van der Waals surface area contributed by atoms with Crippen LogP contribution in [0.4, 0.5) is 0 Å². The van der Waals surface area contributed by atoms with Crippen LogP contribution in [-0.2, 0) is 23.9 Å². The molecule has 2 saturated heterocycles. The fraction of sp³-hybridized carbons (Fsp3) is 0.731. The zero-order valence-corrected chi connectivity index (χ0v) is 20.6. The Bertz CT molecular complexity index is 871. The molecule has 4 heterocycles. The van der Waals surface area contributed by atoms with Crippen LogP contribution in [0.5, 0.6) is 0 Å². The summed E-state index contributed by atoms with van der Waals surface area (Å²) >= 11 is 0. The van der Waals surface area contributed by atoms with Crippen LogP contribution in [0.2, 0.25) is 0 Å². The van der Waals surface area contributed by atoms with Crippen molar-refractivity contribution in [3.05, 3.63) is 24.3 Å². The van der Waals surface area contributed by atoms with Gasteiger partial charge in [0, 0.05) is 13.1 Å². The molecule has 2 amide bonds. The molecule has 6 atom stereocenters. The Kier molecular flexibility index (Phi) is 7.20. The van der Waals surface area contributed by atoms with E-state index in [1.807, 2.05) is 31.2 Å². The molecule has 4 aliphatic heterocycles. The normalized spacial score (nSPS) is 37.5. The minimum absolute atomic E-state index is 0.193. The van der Waals surface area contributed by atoms with Crippen LogP contribution in [0.3, 0.4) is 0 Å². The molecule has 1 spiro atoms. The standard InChI is InChI=1S/C26H38N2O6/c1-4-6-14-27-15-11-13-26-19(22(30)28(18(3)17-29)21(26)23(27)31)20-24(32)33-16-10-8-7-9-12-25(20,5-2)34-26/h9,11-13,18-21,29H,4-8,10,14-17H2,1-3H3/b12-9-/t18-,19+,20+,21?,25-,26+/m1/s1. The van der Waals surface area contributed by atoms with Crippen molar-refractivity contribution in [3.63, 3.8) is 0 Å². The van der Waals surface area contributed by atoms with Crippen molar-refractivity contribution in [2.75, 3.05) is 26.3 Å². The van der Waals surface area contributed by atoms with Crippen LogP contribution in [0.1, 0.15) is 59.3 Å². The van der Waals surface area contributed by atoms with Gasteiger partial charge in [-0.15, -0.1) is 0 Å². The van der Waals surface area contributed by atoms with Gasteiger partial charge in [0.1, 0.15) is 23.2 Å². The van der Waals surface area contributed by atoms with Crippen LogP contribution < -0.4 is 0 Å². The third-order valence-electron chi connectivity index (χ3n) is 7.93. The first-order chi connectivity index (χ1) is 16.4. The zero-order valence-electron chi connectivity index (χ0n) is 20.6. The van der Waals surface area contributed by atoms with Crippen LogP contribution in [-0.4, -0.2) is 82.3 Å². The SMILES string of the molecule is CCCCN1CC=C[C@]23O[C@]4(CC)/C=C\CCCCOC(=O)[C@@H]4[C@H]2C(=O)N([C@H](C)CO)C3C1=O. The van der Waals surface area contributed by atoms with Gasteiger partial charge in [-0.3, -0.25) is 14.4 Å². The topological polar surface area (TPSA) is 96.4 Å². The lowest BCUT2D eigenvalue weighted by Gasteiger charge is -2.40. The highest BCUT2D eigenvalue weighted by molar-refractivity contribution is 5.99. The molecule has 1 unspecified atom stereocenters. The first-order valence-electron chi connectivity index (χ1n) is 12.8. The maximum absolute atomic E-state index is 14.0. The molecule has 0 radical (unpaired) electrons. The second-order valence-corrected chi connectivity index (χ2v) is 10.0. The van der Waals surface area contributed by atoms with Gasteiger partial charge in [0.25, 0.3) is 0 Å². The van der Waals surface area contributed by atoms with Crippen molar-refractivity contribution in [1.82, 2.24) is 9.80 Å². The van der Waals surface area contributed by atoms with Crippen LogP contribution in [0.25, 0.3) is 0 Å². The van der Waals surface area contributed by atoms with Gasteiger partial charge < -0.3 is 24.4 Å².